The van der Waals surface area contributed by atoms with Gasteiger partial charge >= 0.3 is 0 Å². The smallest absolute Gasteiger partial charge is 0.0257 e. The van der Waals surface area contributed by atoms with Crippen LogP contribution in [0.15, 0.2) is 54.3 Å². The van der Waals surface area contributed by atoms with Gasteiger partial charge in [0.2, 0.25) is 0 Å². The molecule has 0 aromatic heterocycles. The number of rotatable bonds is 4. The minimum Gasteiger partial charge on any atom is -0.380 e. The van der Waals surface area contributed by atoms with Crippen molar-refractivity contribution >= 4 is 13.2 Å². The Balaban J connectivity index is 0.000000367. The zero-order valence-electron chi connectivity index (χ0n) is 18.5. The number of benzene rings is 1. The first-order valence-electron chi connectivity index (χ1n) is 10.5. The summed E-state index contributed by atoms with van der Waals surface area (Å²) in [5.41, 5.74) is 6.04. The summed E-state index contributed by atoms with van der Waals surface area (Å²) in [5.74, 6) is 0. The normalized spacial score (nSPS) is 18.0. The van der Waals surface area contributed by atoms with Gasteiger partial charge in [-0.2, -0.15) is 0 Å². The molecule has 0 aliphatic heterocycles. The molecule has 0 atom stereocenters. The molecule has 28 heavy (non-hydrogen) atoms. The SMILES string of the molecule is C1=C\CC/C=C\CC/1.CC(C)P(C1=C(N(C)C)Cc2ccccc21)C(C)C.[Ir]. The maximum absolute atomic E-state index is 2.38. The van der Waals surface area contributed by atoms with E-state index in [4.69, 9.17) is 0 Å². The Morgan fingerprint density at radius 2 is 1.25 bits per heavy atom. The number of fused-ring (bicyclic) bond motifs is 1. The van der Waals surface area contributed by atoms with Crippen molar-refractivity contribution in [3.8, 4) is 0 Å². The summed E-state index contributed by atoms with van der Waals surface area (Å²) in [6, 6.07) is 8.97. The van der Waals surface area contributed by atoms with Gasteiger partial charge in [0.05, 0.1) is 0 Å². The van der Waals surface area contributed by atoms with Crippen LogP contribution in [0.1, 0.15) is 64.5 Å². The van der Waals surface area contributed by atoms with Crippen LogP contribution in [0, 0.1) is 0 Å². The fourth-order valence-corrected chi connectivity index (χ4v) is 7.25. The Bertz CT molecular complexity index is 652. The second-order valence-corrected chi connectivity index (χ2v) is 11.5. The molecule has 0 heterocycles. The standard InChI is InChI=1S/C17H26NP.C8H12.Ir/c1-12(2)19(13(3)4)17-15-10-8-7-9-14(15)11-16(17)18(5)6;1-2-4-6-8-7-5-3-1;/h7-10,12-13H,11H2,1-6H3;1-2,7-8H,3-6H2;/b;2-1-,8-7-;. The summed E-state index contributed by atoms with van der Waals surface area (Å²) in [6.45, 7) is 9.53. The van der Waals surface area contributed by atoms with Crippen molar-refractivity contribution < 1.29 is 20.1 Å². The van der Waals surface area contributed by atoms with Crippen LogP contribution in [0.2, 0.25) is 0 Å². The van der Waals surface area contributed by atoms with Crippen molar-refractivity contribution in [2.24, 2.45) is 0 Å². The Morgan fingerprint density at radius 3 is 1.68 bits per heavy atom. The second-order valence-electron chi connectivity index (χ2n) is 8.22. The van der Waals surface area contributed by atoms with Crippen LogP contribution in [0.5, 0.6) is 0 Å². The van der Waals surface area contributed by atoms with Crippen molar-refractivity contribution in [2.75, 3.05) is 14.1 Å². The molecule has 1 aromatic carbocycles. The fraction of sp³-hybridized carbons (Fsp3) is 0.520. The van der Waals surface area contributed by atoms with Crippen molar-refractivity contribution in [1.82, 2.24) is 4.90 Å². The molecule has 0 N–H and O–H groups in total. The van der Waals surface area contributed by atoms with Crippen LogP contribution in [-0.2, 0) is 26.5 Å². The summed E-state index contributed by atoms with van der Waals surface area (Å²) in [6.07, 6.45) is 15.1. The number of hydrogen-bond donors (Lipinski definition) is 0. The van der Waals surface area contributed by atoms with Crippen LogP contribution >= 0.6 is 7.92 Å². The molecule has 3 heteroatoms. The van der Waals surface area contributed by atoms with Gasteiger partial charge in [0, 0.05) is 51.6 Å². The average molecular weight is 576 g/mol. The van der Waals surface area contributed by atoms with E-state index in [2.05, 4.69) is 95.3 Å². The Morgan fingerprint density at radius 1 is 0.786 bits per heavy atom. The summed E-state index contributed by atoms with van der Waals surface area (Å²) in [7, 11) is 4.28. The van der Waals surface area contributed by atoms with E-state index < -0.39 is 0 Å². The number of hydrogen-bond acceptors (Lipinski definition) is 1. The predicted molar refractivity (Wildman–Crippen MR) is 125 cm³/mol. The first-order chi connectivity index (χ1) is 12.9. The second kappa shape index (κ2) is 12.8. The molecule has 0 unspecified atom stereocenters. The molecule has 0 saturated carbocycles. The molecule has 157 valence electrons. The van der Waals surface area contributed by atoms with E-state index in [9.17, 15) is 0 Å². The topological polar surface area (TPSA) is 3.24 Å². The maximum atomic E-state index is 2.38. The quantitative estimate of drug-likeness (QED) is 0.266. The monoisotopic (exact) mass is 576 g/mol. The van der Waals surface area contributed by atoms with Gasteiger partial charge in [-0.15, -0.1) is 0 Å². The maximum Gasteiger partial charge on any atom is 0.0257 e. The molecule has 0 saturated heterocycles. The zero-order chi connectivity index (χ0) is 19.8. The van der Waals surface area contributed by atoms with Crippen LogP contribution in [0.4, 0.5) is 0 Å². The summed E-state index contributed by atoms with van der Waals surface area (Å²) in [4.78, 5) is 2.33. The van der Waals surface area contributed by atoms with Gasteiger partial charge in [0.25, 0.3) is 0 Å². The third-order valence-corrected chi connectivity index (χ3v) is 8.39. The number of likely N-dealkylation sites (N-methyl/N-ethyl adjacent to an activating group) is 1. The molecule has 1 nitrogen and oxygen atoms in total. The molecule has 1 aromatic rings. The predicted octanol–water partition coefficient (Wildman–Crippen LogP) is 7.44. The molecule has 1 radical (unpaired) electrons. The van der Waals surface area contributed by atoms with Gasteiger partial charge in [-0.3, -0.25) is 0 Å². The van der Waals surface area contributed by atoms with Crippen molar-refractivity contribution in [3.63, 3.8) is 0 Å². The minimum absolute atomic E-state index is 0. The summed E-state index contributed by atoms with van der Waals surface area (Å²) < 4.78 is 0. The zero-order valence-corrected chi connectivity index (χ0v) is 21.8. The number of nitrogens with zero attached hydrogens (tertiary/aromatic N) is 1. The van der Waals surface area contributed by atoms with E-state index in [0.717, 1.165) is 17.7 Å². The van der Waals surface area contributed by atoms with E-state index >= 15 is 0 Å². The van der Waals surface area contributed by atoms with E-state index in [1.807, 2.05) is 0 Å². The molecular weight excluding hydrogens is 537 g/mol. The van der Waals surface area contributed by atoms with Crippen molar-refractivity contribution in [2.45, 2.75) is 71.1 Å². The number of allylic oxidation sites excluding steroid dienone is 5. The molecule has 2 aliphatic rings. The van der Waals surface area contributed by atoms with Gasteiger partial charge in [-0.1, -0.05) is 84.2 Å². The van der Waals surface area contributed by atoms with Crippen LogP contribution < -0.4 is 0 Å². The van der Waals surface area contributed by atoms with Gasteiger partial charge in [-0.25, -0.2) is 0 Å². The Kier molecular flexibility index (Phi) is 11.6. The van der Waals surface area contributed by atoms with Crippen molar-refractivity contribution in [1.29, 1.82) is 0 Å². The molecule has 0 spiro atoms. The first kappa shape index (κ1) is 25.4. The molecule has 2 aliphatic carbocycles. The Labute approximate surface area is 188 Å². The third-order valence-electron chi connectivity index (χ3n) is 5.15. The molecule has 0 fully saturated rings. The Hall–Kier alpha value is -0.681. The molecule has 0 bridgehead atoms. The summed E-state index contributed by atoms with van der Waals surface area (Å²) >= 11 is 0. The van der Waals surface area contributed by atoms with Crippen LogP contribution in [0.25, 0.3) is 5.31 Å². The van der Waals surface area contributed by atoms with Gasteiger partial charge in [0.15, 0.2) is 0 Å². The van der Waals surface area contributed by atoms with E-state index in [1.54, 1.807) is 5.31 Å². The van der Waals surface area contributed by atoms with Gasteiger partial charge in [-0.05, 0) is 48.1 Å². The van der Waals surface area contributed by atoms with Gasteiger partial charge < -0.3 is 4.90 Å². The third kappa shape index (κ3) is 6.98. The van der Waals surface area contributed by atoms with E-state index in [-0.39, 0.29) is 28.0 Å². The fourth-order valence-electron chi connectivity index (χ4n) is 3.95. The van der Waals surface area contributed by atoms with Crippen LogP contribution in [-0.4, -0.2) is 30.3 Å². The minimum atomic E-state index is -0.100. The van der Waals surface area contributed by atoms with Crippen LogP contribution in [0.3, 0.4) is 0 Å². The first-order valence-corrected chi connectivity index (χ1v) is 12.0. The van der Waals surface area contributed by atoms with Crippen molar-refractivity contribution in [3.05, 3.63) is 65.4 Å². The van der Waals surface area contributed by atoms with E-state index in [0.29, 0.717) is 0 Å². The van der Waals surface area contributed by atoms with E-state index in [1.165, 1.54) is 42.5 Å². The van der Waals surface area contributed by atoms with Gasteiger partial charge in [0.1, 0.15) is 0 Å². The molecular formula is C25H38IrNP. The molecule has 0 amide bonds. The average Bonchev–Trinajstić information content (AvgIpc) is 2.94. The molecule has 3 rings (SSSR count). The summed E-state index contributed by atoms with van der Waals surface area (Å²) in [5, 5.41) is 1.65. The largest absolute Gasteiger partial charge is 0.380 e.